The lowest BCUT2D eigenvalue weighted by Gasteiger charge is -2.07. The van der Waals surface area contributed by atoms with Crippen LogP contribution >= 0.6 is 11.5 Å². The number of aromatic nitrogens is 2. The van der Waals surface area contributed by atoms with Gasteiger partial charge in [0.2, 0.25) is 0 Å². The number of fused-ring (bicyclic) bond motifs is 2. The standard InChI is InChI=1S/C19H13F3N2O2S/c1-10-17(18-12-4-2-3-5-15(12)27-23-18)13-8-11(19(20,21)22)6-7-14(13)24(10)9-16(25)26/h2-8H,9H2,1H3,(H,25,26). The second-order valence-electron chi connectivity index (χ2n) is 6.20. The number of carbonyl (C=O) groups is 1. The van der Waals surface area contributed by atoms with Crippen LogP contribution in [0.4, 0.5) is 13.2 Å². The van der Waals surface area contributed by atoms with Crippen molar-refractivity contribution in [3.05, 3.63) is 53.7 Å². The molecule has 2 heterocycles. The van der Waals surface area contributed by atoms with Gasteiger partial charge in [-0.1, -0.05) is 18.2 Å². The number of carboxylic acids is 1. The first kappa shape index (κ1) is 17.5. The first-order valence-corrected chi connectivity index (χ1v) is 8.81. The monoisotopic (exact) mass is 390 g/mol. The van der Waals surface area contributed by atoms with Crippen molar-refractivity contribution in [1.82, 2.24) is 8.94 Å². The fourth-order valence-electron chi connectivity index (χ4n) is 3.36. The van der Waals surface area contributed by atoms with Gasteiger partial charge in [0.1, 0.15) is 6.54 Å². The molecule has 0 radical (unpaired) electrons. The fourth-order valence-corrected chi connectivity index (χ4v) is 4.14. The lowest BCUT2D eigenvalue weighted by molar-refractivity contribution is -0.138. The van der Waals surface area contributed by atoms with E-state index in [0.717, 1.165) is 22.2 Å². The van der Waals surface area contributed by atoms with Gasteiger partial charge in [0.05, 0.1) is 16.0 Å². The van der Waals surface area contributed by atoms with E-state index in [2.05, 4.69) is 4.37 Å². The van der Waals surface area contributed by atoms with E-state index in [1.165, 1.54) is 22.2 Å². The molecule has 0 unspecified atom stereocenters. The maximum Gasteiger partial charge on any atom is 0.416 e. The Morgan fingerprint density at radius 3 is 2.63 bits per heavy atom. The summed E-state index contributed by atoms with van der Waals surface area (Å²) in [5.41, 5.74) is 1.34. The van der Waals surface area contributed by atoms with Crippen molar-refractivity contribution in [2.45, 2.75) is 19.6 Å². The van der Waals surface area contributed by atoms with Crippen LogP contribution in [0.15, 0.2) is 42.5 Å². The Morgan fingerprint density at radius 1 is 1.19 bits per heavy atom. The van der Waals surface area contributed by atoms with Gasteiger partial charge >= 0.3 is 12.1 Å². The summed E-state index contributed by atoms with van der Waals surface area (Å²) in [4.78, 5) is 11.3. The molecule has 4 nitrogen and oxygen atoms in total. The minimum atomic E-state index is -4.49. The highest BCUT2D eigenvalue weighted by Crippen LogP contribution is 2.41. The van der Waals surface area contributed by atoms with Crippen LogP contribution in [0.3, 0.4) is 0 Å². The van der Waals surface area contributed by atoms with Gasteiger partial charge < -0.3 is 9.67 Å². The van der Waals surface area contributed by atoms with E-state index in [4.69, 9.17) is 0 Å². The van der Waals surface area contributed by atoms with E-state index >= 15 is 0 Å². The number of alkyl halides is 3. The summed E-state index contributed by atoms with van der Waals surface area (Å²) in [7, 11) is 0. The van der Waals surface area contributed by atoms with Crippen molar-refractivity contribution in [1.29, 1.82) is 0 Å². The van der Waals surface area contributed by atoms with Gasteiger partial charge in [-0.2, -0.15) is 17.5 Å². The van der Waals surface area contributed by atoms with E-state index < -0.39 is 17.7 Å². The largest absolute Gasteiger partial charge is 0.480 e. The average molecular weight is 390 g/mol. The van der Waals surface area contributed by atoms with E-state index in [1.807, 2.05) is 24.3 Å². The predicted molar refractivity (Wildman–Crippen MR) is 97.9 cm³/mol. The molecule has 0 saturated carbocycles. The number of benzene rings is 2. The zero-order chi connectivity index (χ0) is 19.3. The molecule has 0 saturated heterocycles. The maximum absolute atomic E-state index is 13.2. The number of rotatable bonds is 3. The van der Waals surface area contributed by atoms with Crippen LogP contribution in [-0.4, -0.2) is 20.0 Å². The third-order valence-corrected chi connectivity index (χ3v) is 5.38. The van der Waals surface area contributed by atoms with Crippen LogP contribution < -0.4 is 0 Å². The number of carboxylic acid groups (broad SMARTS) is 1. The van der Waals surface area contributed by atoms with E-state index in [1.54, 1.807) is 6.92 Å². The highest BCUT2D eigenvalue weighted by molar-refractivity contribution is 7.13. The van der Waals surface area contributed by atoms with E-state index in [9.17, 15) is 23.1 Å². The van der Waals surface area contributed by atoms with E-state index in [0.29, 0.717) is 27.9 Å². The number of hydrogen-bond acceptors (Lipinski definition) is 3. The molecule has 0 aliphatic heterocycles. The fraction of sp³-hybridized carbons (Fsp3) is 0.158. The smallest absolute Gasteiger partial charge is 0.416 e. The zero-order valence-corrected chi connectivity index (χ0v) is 14.9. The molecule has 2 aromatic heterocycles. The molecule has 27 heavy (non-hydrogen) atoms. The molecule has 8 heteroatoms. The Bertz CT molecular complexity index is 1190. The number of aliphatic carboxylic acids is 1. The molecule has 0 fully saturated rings. The summed E-state index contributed by atoms with van der Waals surface area (Å²) >= 11 is 1.26. The summed E-state index contributed by atoms with van der Waals surface area (Å²) < 4.78 is 46.6. The van der Waals surface area contributed by atoms with Gasteiger partial charge in [0, 0.05) is 27.5 Å². The SMILES string of the molecule is Cc1c(-c2nsc3ccccc23)c2cc(C(F)(F)F)ccc2n1CC(=O)O. The molecule has 4 aromatic rings. The van der Waals surface area contributed by atoms with E-state index in [-0.39, 0.29) is 6.54 Å². The van der Waals surface area contributed by atoms with Crippen molar-refractivity contribution in [3.8, 4) is 11.3 Å². The van der Waals surface area contributed by atoms with Crippen molar-refractivity contribution in [3.63, 3.8) is 0 Å². The Morgan fingerprint density at radius 2 is 1.93 bits per heavy atom. The highest BCUT2D eigenvalue weighted by Gasteiger charge is 2.32. The summed E-state index contributed by atoms with van der Waals surface area (Å²) in [5.74, 6) is -1.07. The molecular weight excluding hydrogens is 377 g/mol. The van der Waals surface area contributed by atoms with Gasteiger partial charge in [0.25, 0.3) is 0 Å². The summed E-state index contributed by atoms with van der Waals surface area (Å²) in [5, 5.41) is 10.4. The van der Waals surface area contributed by atoms with Gasteiger partial charge in [-0.3, -0.25) is 4.79 Å². The number of nitrogens with zero attached hydrogens (tertiary/aromatic N) is 2. The van der Waals surface area contributed by atoms with Crippen LogP contribution in [0.5, 0.6) is 0 Å². The van der Waals surface area contributed by atoms with Gasteiger partial charge in [-0.05, 0) is 42.7 Å². The van der Waals surface area contributed by atoms with Gasteiger partial charge in [-0.25, -0.2) is 0 Å². The van der Waals surface area contributed by atoms with Crippen LogP contribution in [0.2, 0.25) is 0 Å². The number of hydrogen-bond donors (Lipinski definition) is 1. The molecular formula is C19H13F3N2O2S. The second kappa shape index (κ2) is 6.09. The molecule has 0 aliphatic rings. The molecule has 2 aromatic carbocycles. The first-order valence-electron chi connectivity index (χ1n) is 8.04. The maximum atomic E-state index is 13.2. The second-order valence-corrected chi connectivity index (χ2v) is 7.00. The van der Waals surface area contributed by atoms with Gasteiger partial charge in [-0.15, -0.1) is 0 Å². The highest BCUT2D eigenvalue weighted by atomic mass is 32.1. The van der Waals surface area contributed by atoms with Crippen molar-refractivity contribution in [2.75, 3.05) is 0 Å². The summed E-state index contributed by atoms with van der Waals surface area (Å²) in [6.07, 6.45) is -4.49. The minimum absolute atomic E-state index is 0.338. The molecule has 1 N–H and O–H groups in total. The van der Waals surface area contributed by atoms with Crippen molar-refractivity contribution >= 4 is 38.5 Å². The first-order chi connectivity index (χ1) is 12.8. The quantitative estimate of drug-likeness (QED) is 0.514. The Balaban J connectivity index is 2.09. The summed E-state index contributed by atoms with van der Waals surface area (Å²) in [6.45, 7) is 1.37. The molecule has 0 bridgehead atoms. The van der Waals surface area contributed by atoms with Crippen LogP contribution in [-0.2, 0) is 17.5 Å². The Kier molecular flexibility index (Phi) is 3.96. The lowest BCUT2D eigenvalue weighted by Crippen LogP contribution is -2.10. The number of halogens is 3. The topological polar surface area (TPSA) is 55.1 Å². The van der Waals surface area contributed by atoms with Crippen molar-refractivity contribution < 1.29 is 23.1 Å². The third-order valence-electron chi connectivity index (χ3n) is 4.56. The normalized spacial score (nSPS) is 12.1. The lowest BCUT2D eigenvalue weighted by atomic mass is 10.0. The van der Waals surface area contributed by atoms with Crippen molar-refractivity contribution in [2.24, 2.45) is 0 Å². The molecule has 0 atom stereocenters. The van der Waals surface area contributed by atoms with Gasteiger partial charge in [0.15, 0.2) is 0 Å². The zero-order valence-electron chi connectivity index (χ0n) is 14.0. The van der Waals surface area contributed by atoms with Crippen LogP contribution in [0.25, 0.3) is 32.2 Å². The molecule has 0 spiro atoms. The molecule has 0 aliphatic carbocycles. The average Bonchev–Trinajstić information content (AvgIpc) is 3.13. The summed E-state index contributed by atoms with van der Waals surface area (Å²) in [6, 6.07) is 10.8. The Hall–Kier alpha value is -2.87. The van der Waals surface area contributed by atoms with Crippen LogP contribution in [0, 0.1) is 6.92 Å². The van der Waals surface area contributed by atoms with Crippen LogP contribution in [0.1, 0.15) is 11.3 Å². The molecule has 138 valence electrons. The minimum Gasteiger partial charge on any atom is -0.480 e. The Labute approximate surface area is 155 Å². The third kappa shape index (κ3) is 2.86. The molecule has 0 amide bonds. The molecule has 4 rings (SSSR count). The predicted octanol–water partition coefficient (Wildman–Crippen LogP) is 5.33.